The lowest BCUT2D eigenvalue weighted by atomic mass is 9.75. The fourth-order valence-corrected chi connectivity index (χ4v) is 3.27. The summed E-state index contributed by atoms with van der Waals surface area (Å²) < 4.78 is 5.01. The molecule has 1 aliphatic rings. The summed E-state index contributed by atoms with van der Waals surface area (Å²) in [6.45, 7) is 10.3. The van der Waals surface area contributed by atoms with Crippen LogP contribution in [0.1, 0.15) is 59.8 Å². The standard InChI is InChI=1S/C17H34N2O2/c1-7-12-18-17(4,15(20)21-6)13-19(5)14-8-10-16(2,3)11-9-14/h14,18H,7-13H2,1-6H3. The Kier molecular flexibility index (Phi) is 6.67. The van der Waals surface area contributed by atoms with Gasteiger partial charge in [-0.05, 0) is 58.0 Å². The second-order valence-corrected chi connectivity index (χ2v) is 7.56. The molecule has 0 bridgehead atoms. The van der Waals surface area contributed by atoms with Crippen molar-refractivity contribution in [2.75, 3.05) is 27.2 Å². The number of hydrogen-bond donors (Lipinski definition) is 1. The molecule has 21 heavy (non-hydrogen) atoms. The first-order chi connectivity index (χ1) is 9.74. The van der Waals surface area contributed by atoms with Gasteiger partial charge in [0, 0.05) is 12.6 Å². The SMILES string of the molecule is CCCNC(C)(CN(C)C1CCC(C)(C)CC1)C(=O)OC. The van der Waals surface area contributed by atoms with E-state index < -0.39 is 5.54 Å². The second kappa shape index (κ2) is 7.59. The molecule has 0 amide bonds. The molecule has 4 nitrogen and oxygen atoms in total. The van der Waals surface area contributed by atoms with Crippen LogP contribution in [0.2, 0.25) is 0 Å². The Labute approximate surface area is 130 Å². The van der Waals surface area contributed by atoms with Crippen LogP contribution in [-0.2, 0) is 9.53 Å². The van der Waals surface area contributed by atoms with Gasteiger partial charge in [0.25, 0.3) is 0 Å². The number of carbonyl (C=O) groups is 1. The number of nitrogens with zero attached hydrogens (tertiary/aromatic N) is 1. The third-order valence-electron chi connectivity index (χ3n) is 4.90. The Morgan fingerprint density at radius 1 is 1.38 bits per heavy atom. The van der Waals surface area contributed by atoms with Crippen molar-refractivity contribution in [1.29, 1.82) is 0 Å². The molecule has 1 aliphatic carbocycles. The Balaban J connectivity index is 2.63. The van der Waals surface area contributed by atoms with E-state index in [0.717, 1.165) is 13.0 Å². The van der Waals surface area contributed by atoms with E-state index in [0.29, 0.717) is 18.0 Å². The molecule has 0 heterocycles. The highest BCUT2D eigenvalue weighted by atomic mass is 16.5. The zero-order valence-corrected chi connectivity index (χ0v) is 14.8. The van der Waals surface area contributed by atoms with E-state index in [-0.39, 0.29) is 5.97 Å². The molecule has 1 rings (SSSR count). The second-order valence-electron chi connectivity index (χ2n) is 7.56. The number of likely N-dealkylation sites (N-methyl/N-ethyl adjacent to an activating group) is 1. The predicted molar refractivity (Wildman–Crippen MR) is 87.4 cm³/mol. The molecule has 0 aromatic heterocycles. The maximum Gasteiger partial charge on any atom is 0.327 e. The average molecular weight is 298 g/mol. The van der Waals surface area contributed by atoms with Gasteiger partial charge in [-0.15, -0.1) is 0 Å². The van der Waals surface area contributed by atoms with Gasteiger partial charge >= 0.3 is 5.97 Å². The van der Waals surface area contributed by atoms with Crippen molar-refractivity contribution in [2.45, 2.75) is 71.4 Å². The fourth-order valence-electron chi connectivity index (χ4n) is 3.27. The molecule has 1 unspecified atom stereocenters. The average Bonchev–Trinajstić information content (AvgIpc) is 2.43. The van der Waals surface area contributed by atoms with Crippen LogP contribution >= 0.6 is 0 Å². The zero-order chi connectivity index (χ0) is 16.1. The van der Waals surface area contributed by atoms with Gasteiger partial charge in [0.1, 0.15) is 5.54 Å². The van der Waals surface area contributed by atoms with Crippen molar-refractivity contribution >= 4 is 5.97 Å². The van der Waals surface area contributed by atoms with E-state index in [2.05, 4.69) is 38.0 Å². The summed E-state index contributed by atoms with van der Waals surface area (Å²) in [5, 5.41) is 3.37. The van der Waals surface area contributed by atoms with Gasteiger partial charge in [0.15, 0.2) is 0 Å². The maximum absolute atomic E-state index is 12.1. The summed E-state index contributed by atoms with van der Waals surface area (Å²) in [7, 11) is 3.61. The van der Waals surface area contributed by atoms with E-state index in [1.165, 1.54) is 32.8 Å². The number of esters is 1. The van der Waals surface area contributed by atoms with Gasteiger partial charge in [-0.1, -0.05) is 20.8 Å². The summed E-state index contributed by atoms with van der Waals surface area (Å²) in [5.41, 5.74) is -0.143. The summed E-state index contributed by atoms with van der Waals surface area (Å²) in [5.74, 6) is -0.168. The quantitative estimate of drug-likeness (QED) is 0.734. The molecule has 1 saturated carbocycles. The van der Waals surface area contributed by atoms with Crippen molar-refractivity contribution in [3.05, 3.63) is 0 Å². The summed E-state index contributed by atoms with van der Waals surface area (Å²) in [6.07, 6.45) is 5.97. The van der Waals surface area contributed by atoms with Crippen molar-refractivity contribution in [3.8, 4) is 0 Å². The molecular formula is C17H34N2O2. The number of nitrogens with one attached hydrogen (secondary N) is 1. The monoisotopic (exact) mass is 298 g/mol. The first kappa shape index (κ1) is 18.4. The lowest BCUT2D eigenvalue weighted by Gasteiger charge is -2.41. The number of rotatable bonds is 7. The number of carbonyl (C=O) groups excluding carboxylic acids is 1. The van der Waals surface area contributed by atoms with Crippen LogP contribution in [0.25, 0.3) is 0 Å². The minimum Gasteiger partial charge on any atom is -0.468 e. The number of ether oxygens (including phenoxy) is 1. The predicted octanol–water partition coefficient (Wildman–Crippen LogP) is 2.82. The van der Waals surface area contributed by atoms with Crippen LogP contribution in [0.4, 0.5) is 0 Å². The molecular weight excluding hydrogens is 264 g/mol. The van der Waals surface area contributed by atoms with E-state index in [4.69, 9.17) is 4.74 Å². The van der Waals surface area contributed by atoms with Crippen LogP contribution in [-0.4, -0.2) is 49.7 Å². The minimum atomic E-state index is -0.619. The van der Waals surface area contributed by atoms with Gasteiger partial charge in [-0.25, -0.2) is 0 Å². The number of hydrogen-bond acceptors (Lipinski definition) is 4. The first-order valence-corrected chi connectivity index (χ1v) is 8.28. The smallest absolute Gasteiger partial charge is 0.327 e. The Bertz CT molecular complexity index is 334. The Morgan fingerprint density at radius 2 is 1.95 bits per heavy atom. The molecule has 0 aromatic carbocycles. The Hall–Kier alpha value is -0.610. The molecule has 0 radical (unpaired) electrons. The third-order valence-corrected chi connectivity index (χ3v) is 4.90. The third kappa shape index (κ3) is 5.26. The number of methoxy groups -OCH3 is 1. The van der Waals surface area contributed by atoms with Gasteiger partial charge in [-0.2, -0.15) is 0 Å². The van der Waals surface area contributed by atoms with Crippen LogP contribution in [0.15, 0.2) is 0 Å². The molecule has 1 N–H and O–H groups in total. The molecule has 1 fully saturated rings. The largest absolute Gasteiger partial charge is 0.468 e. The van der Waals surface area contributed by atoms with Crippen molar-refractivity contribution in [1.82, 2.24) is 10.2 Å². The van der Waals surface area contributed by atoms with E-state index in [9.17, 15) is 4.79 Å². The van der Waals surface area contributed by atoms with E-state index in [1.54, 1.807) is 0 Å². The highest BCUT2D eigenvalue weighted by Gasteiger charge is 2.37. The lowest BCUT2D eigenvalue weighted by Crippen LogP contribution is -2.58. The summed E-state index contributed by atoms with van der Waals surface area (Å²) >= 11 is 0. The zero-order valence-electron chi connectivity index (χ0n) is 14.8. The highest BCUT2D eigenvalue weighted by molar-refractivity contribution is 5.80. The normalized spacial score (nSPS) is 22.0. The molecule has 124 valence electrons. The Morgan fingerprint density at radius 3 is 2.43 bits per heavy atom. The highest BCUT2D eigenvalue weighted by Crippen LogP contribution is 2.36. The summed E-state index contributed by atoms with van der Waals surface area (Å²) in [6, 6.07) is 0.574. The minimum absolute atomic E-state index is 0.168. The van der Waals surface area contributed by atoms with Crippen LogP contribution in [0.5, 0.6) is 0 Å². The van der Waals surface area contributed by atoms with Gasteiger partial charge in [0.2, 0.25) is 0 Å². The van der Waals surface area contributed by atoms with Crippen LogP contribution in [0, 0.1) is 5.41 Å². The van der Waals surface area contributed by atoms with E-state index in [1.807, 2.05) is 6.92 Å². The fraction of sp³-hybridized carbons (Fsp3) is 0.941. The van der Waals surface area contributed by atoms with Crippen molar-refractivity contribution in [2.24, 2.45) is 5.41 Å². The van der Waals surface area contributed by atoms with Crippen molar-refractivity contribution in [3.63, 3.8) is 0 Å². The molecule has 0 saturated heterocycles. The molecule has 4 heteroatoms. The molecule has 1 atom stereocenters. The van der Waals surface area contributed by atoms with Crippen molar-refractivity contribution < 1.29 is 9.53 Å². The maximum atomic E-state index is 12.1. The van der Waals surface area contributed by atoms with Crippen LogP contribution < -0.4 is 5.32 Å². The van der Waals surface area contributed by atoms with Gasteiger partial charge in [-0.3, -0.25) is 4.79 Å². The van der Waals surface area contributed by atoms with Gasteiger partial charge < -0.3 is 15.0 Å². The van der Waals surface area contributed by atoms with E-state index >= 15 is 0 Å². The lowest BCUT2D eigenvalue weighted by molar-refractivity contribution is -0.149. The topological polar surface area (TPSA) is 41.6 Å². The molecule has 0 aliphatic heterocycles. The molecule has 0 spiro atoms. The van der Waals surface area contributed by atoms with Crippen LogP contribution in [0.3, 0.4) is 0 Å². The summed E-state index contributed by atoms with van der Waals surface area (Å²) in [4.78, 5) is 14.5. The molecule has 0 aromatic rings. The van der Waals surface area contributed by atoms with Gasteiger partial charge in [0.05, 0.1) is 7.11 Å². The first-order valence-electron chi connectivity index (χ1n) is 8.28.